The molecule has 8 fully saturated rings. The molecule has 4 aromatic heterocycles. The van der Waals surface area contributed by atoms with E-state index in [9.17, 15) is 37.5 Å². The van der Waals surface area contributed by atoms with Crippen molar-refractivity contribution in [1.82, 2.24) is 78.2 Å². The van der Waals surface area contributed by atoms with Gasteiger partial charge in [0.05, 0.1) is 44.1 Å². The first-order valence-electron chi connectivity index (χ1n) is 38.2. The summed E-state index contributed by atoms with van der Waals surface area (Å²) in [5, 5.41) is 6.97. The summed E-state index contributed by atoms with van der Waals surface area (Å²) in [5.74, 6) is 0. The van der Waals surface area contributed by atoms with E-state index in [1.54, 1.807) is 9.80 Å². The molecule has 0 spiro atoms. The predicted octanol–water partition coefficient (Wildman–Crippen LogP) is 9.74. The molecule has 0 bridgehead atoms. The van der Waals surface area contributed by atoms with Crippen LogP contribution in [0.1, 0.15) is 151 Å². The van der Waals surface area contributed by atoms with Crippen LogP contribution in [0.2, 0.25) is 0 Å². The van der Waals surface area contributed by atoms with Crippen LogP contribution in [0.4, 0.5) is 18.4 Å². The van der Waals surface area contributed by atoms with Gasteiger partial charge in [0.1, 0.15) is 26.6 Å². The third-order valence-electron chi connectivity index (χ3n) is 24.6. The molecule has 0 aliphatic carbocycles. The summed E-state index contributed by atoms with van der Waals surface area (Å²) in [7, 11) is 0. The molecule has 6 N–H and O–H groups in total. The van der Waals surface area contributed by atoms with Gasteiger partial charge in [0, 0.05) is 138 Å². The van der Waals surface area contributed by atoms with Crippen LogP contribution in [-0.4, -0.2) is 233 Å². The van der Waals surface area contributed by atoms with Crippen LogP contribution >= 0.6 is 0 Å². The predicted molar refractivity (Wildman–Crippen MR) is 404 cm³/mol. The van der Waals surface area contributed by atoms with Gasteiger partial charge in [-0.1, -0.05) is 24.3 Å². The number of benzene rings is 4. The number of halogens is 2. The number of carbonyl (C=O) groups excluding carboxylic acids is 2. The zero-order valence-corrected chi connectivity index (χ0v) is 62.4. The molecule has 8 aromatic rings. The summed E-state index contributed by atoms with van der Waals surface area (Å²) in [6, 6.07) is 25.5. The lowest BCUT2D eigenvalue weighted by molar-refractivity contribution is 0.0621. The van der Waals surface area contributed by atoms with Gasteiger partial charge < -0.3 is 49.8 Å². The second-order valence-corrected chi connectivity index (χ2v) is 31.9. The van der Waals surface area contributed by atoms with Crippen molar-refractivity contribution in [3.8, 4) is 0 Å². The average Bonchev–Trinajstić information content (AvgIpc) is 1.60. The van der Waals surface area contributed by atoms with Crippen LogP contribution in [-0.2, 0) is 9.47 Å². The third-order valence-corrected chi connectivity index (χ3v) is 24.6. The minimum atomic E-state index is -0.656. The fourth-order valence-electron chi connectivity index (χ4n) is 18.3. The van der Waals surface area contributed by atoms with E-state index >= 15 is 0 Å². The van der Waals surface area contributed by atoms with E-state index in [4.69, 9.17) is 9.47 Å². The highest BCUT2D eigenvalue weighted by Gasteiger charge is 2.45. The molecule has 16 rings (SSSR count). The molecule has 8 saturated heterocycles. The highest BCUT2D eigenvalue weighted by atomic mass is 19.1. The maximum atomic E-state index is 12.6. The second kappa shape index (κ2) is 31.3. The molecule has 24 nitrogen and oxygen atoms in total. The minimum Gasteiger partial charge on any atom is -0.447 e. The number of aryl methyl sites for hydroxylation is 4. The van der Waals surface area contributed by atoms with Crippen molar-refractivity contribution in [3.63, 3.8) is 0 Å². The van der Waals surface area contributed by atoms with E-state index in [1.165, 1.54) is 24.0 Å². The summed E-state index contributed by atoms with van der Waals surface area (Å²) >= 11 is 0. The summed E-state index contributed by atoms with van der Waals surface area (Å²) in [6.07, 6.45) is 11.1. The Balaban J connectivity index is 0.000000124. The van der Waals surface area contributed by atoms with E-state index in [1.807, 2.05) is 74.6 Å². The van der Waals surface area contributed by atoms with Crippen molar-refractivity contribution in [2.45, 2.75) is 179 Å². The van der Waals surface area contributed by atoms with Gasteiger partial charge in [0.15, 0.2) is 0 Å². The molecule has 4 unspecified atom stereocenters. The fourth-order valence-corrected chi connectivity index (χ4v) is 18.3. The lowest BCUT2D eigenvalue weighted by atomic mass is 9.93. The summed E-state index contributed by atoms with van der Waals surface area (Å²) in [6.45, 7) is 30.3. The number of nitrogens with zero attached hydrogens (tertiary/aromatic N) is 10. The monoisotopic (exact) mass is 1440 g/mol. The van der Waals surface area contributed by atoms with E-state index in [0.717, 1.165) is 198 Å². The number of amides is 2. The summed E-state index contributed by atoms with van der Waals surface area (Å²) in [4.78, 5) is 99.5. The first-order valence-corrected chi connectivity index (χ1v) is 38.2. The van der Waals surface area contributed by atoms with Crippen molar-refractivity contribution in [2.75, 3.05) is 131 Å². The van der Waals surface area contributed by atoms with Gasteiger partial charge in [-0.05, 0) is 216 Å². The van der Waals surface area contributed by atoms with E-state index in [2.05, 4.69) is 122 Å². The number of H-pyrrole nitrogens is 4. The zero-order valence-electron chi connectivity index (χ0n) is 62.4. The maximum absolute atomic E-state index is 12.6. The van der Waals surface area contributed by atoms with Crippen LogP contribution in [0.15, 0.2) is 92.0 Å². The van der Waals surface area contributed by atoms with Gasteiger partial charge in [-0.15, -0.1) is 0 Å². The number of ether oxygens (including phenoxy) is 2. The van der Waals surface area contributed by atoms with Gasteiger partial charge in [-0.3, -0.25) is 37.9 Å². The van der Waals surface area contributed by atoms with Crippen LogP contribution in [0.5, 0.6) is 0 Å². The summed E-state index contributed by atoms with van der Waals surface area (Å²) in [5.41, 5.74) is 12.8. The van der Waals surface area contributed by atoms with Gasteiger partial charge >= 0.3 is 34.9 Å². The molecule has 4 atom stereocenters. The highest BCUT2D eigenvalue weighted by molar-refractivity contribution is 5.78. The van der Waals surface area contributed by atoms with E-state index < -0.39 is 25.5 Å². The van der Waals surface area contributed by atoms with Crippen molar-refractivity contribution >= 4 is 56.3 Å². The topological polar surface area (TPSA) is 247 Å². The first kappa shape index (κ1) is 74.4. The Labute approximate surface area is 606 Å². The molecular weight excluding hydrogens is 1330 g/mol. The standard InChI is InChI=1S/2C21H29FN4O3.2C18H26N4O/c1-15-3-4-18-17(13-15)23-19(27)26(18)16-5-9-25(10-6-16)21(2)7-11-24(14-21)20(28)29-12-8-22;1-15-3-4-17-18(13-15)26(19(27)23-17)16-5-9-25(10-6-16)21(2)7-11-24(14-21)20(28)29-12-8-22;2*1-13-3-4-15-16(11-13)22(17(23)20-15)14-5-9-21(10-6-14)18(2)7-8-19-12-18/h2*3-4,13,16H,5-12,14H2,1-2H3,(H,23,27);2*3-4,11,14,19H,5-10,12H2,1-2H3,(H,20,23). The number of imidazole rings is 4. The Hall–Kier alpha value is -7.88. The van der Waals surface area contributed by atoms with Crippen LogP contribution in [0.25, 0.3) is 44.1 Å². The van der Waals surface area contributed by atoms with Gasteiger partial charge in [0.2, 0.25) is 0 Å². The normalized spacial score (nSPS) is 25.2. The molecule has 8 aliphatic rings. The fraction of sp³-hybridized carbons (Fsp3) is 0.615. The third kappa shape index (κ3) is 15.7. The van der Waals surface area contributed by atoms with E-state index in [0.29, 0.717) is 49.3 Å². The SMILES string of the molecule is Cc1ccc2[nH]c(=O)n(C3CCN(C4(C)CCN(C(=O)OCCF)C4)CC3)c2c1.Cc1ccc2[nH]c(=O)n(C3CCN(C4(C)CCNC4)CC3)c2c1.Cc1ccc2[nH]c(=O)n(C3CCN(C4(C)CCNC4)CC3)c2c1.Cc1ccc2c(c1)[nH]c(=O)n2C1CCN(C2(C)CCN(C(=O)OCCF)C2)CC1. The quantitative estimate of drug-likeness (QED) is 0.0667. The molecule has 12 heterocycles. The Morgan fingerprint density at radius 3 is 1.01 bits per heavy atom. The number of likely N-dealkylation sites (tertiary alicyclic amines) is 6. The number of aromatic amines is 4. The molecule has 0 radical (unpaired) electrons. The first-order chi connectivity index (χ1) is 50.0. The number of alkyl halides is 2. The Morgan fingerprint density at radius 2 is 0.692 bits per heavy atom. The molecule has 8 aliphatic heterocycles. The Kier molecular flexibility index (Phi) is 22.4. The minimum absolute atomic E-state index is 0.0396. The number of aromatic nitrogens is 8. The number of piperidine rings is 4. The van der Waals surface area contributed by atoms with E-state index in [-0.39, 0.29) is 59.1 Å². The largest absolute Gasteiger partial charge is 0.447 e. The number of fused-ring (bicyclic) bond motifs is 4. The van der Waals surface area contributed by atoms with Gasteiger partial charge in [0.25, 0.3) is 0 Å². The van der Waals surface area contributed by atoms with Gasteiger partial charge in [-0.2, -0.15) is 0 Å². The molecule has 2 amide bonds. The Bertz CT molecular complexity index is 4430. The van der Waals surface area contributed by atoms with Crippen LogP contribution < -0.4 is 33.4 Å². The lowest BCUT2D eigenvalue weighted by Gasteiger charge is -2.43. The van der Waals surface area contributed by atoms with Crippen LogP contribution in [0, 0.1) is 27.7 Å². The molecule has 564 valence electrons. The molecule has 0 saturated carbocycles. The number of carbonyl (C=O) groups is 2. The van der Waals surface area contributed by atoms with Crippen molar-refractivity contribution in [1.29, 1.82) is 0 Å². The van der Waals surface area contributed by atoms with Crippen LogP contribution in [0.3, 0.4) is 0 Å². The maximum Gasteiger partial charge on any atom is 0.409 e. The lowest BCUT2D eigenvalue weighted by Crippen LogP contribution is -2.52. The van der Waals surface area contributed by atoms with Crippen molar-refractivity contribution in [3.05, 3.63) is 137 Å². The number of nitrogens with one attached hydrogen (secondary N) is 6. The number of hydrogen-bond acceptors (Lipinski definition) is 14. The van der Waals surface area contributed by atoms with Crippen molar-refractivity contribution in [2.24, 2.45) is 0 Å². The molecular formula is C78H110F2N16O8. The Morgan fingerprint density at radius 1 is 0.394 bits per heavy atom. The zero-order chi connectivity index (χ0) is 73.2. The smallest absolute Gasteiger partial charge is 0.409 e. The molecule has 26 heteroatoms. The average molecular weight is 1440 g/mol. The summed E-state index contributed by atoms with van der Waals surface area (Å²) < 4.78 is 42.2. The van der Waals surface area contributed by atoms with Gasteiger partial charge in [-0.25, -0.2) is 37.5 Å². The van der Waals surface area contributed by atoms with Crippen molar-refractivity contribution < 1.29 is 27.8 Å². The highest BCUT2D eigenvalue weighted by Crippen LogP contribution is 2.38. The number of rotatable bonds is 12. The second-order valence-electron chi connectivity index (χ2n) is 31.9. The molecule has 4 aromatic carbocycles. The molecule has 104 heavy (non-hydrogen) atoms. The number of hydrogen-bond donors (Lipinski definition) is 6.